The third-order valence-corrected chi connectivity index (χ3v) is 5.19. The number of rotatable bonds is 2. The molecule has 1 amide bonds. The molecule has 6 nitrogen and oxygen atoms in total. The topological polar surface area (TPSA) is 87.1 Å². The van der Waals surface area contributed by atoms with Crippen LogP contribution in [-0.2, 0) is 4.79 Å². The first kappa shape index (κ1) is 15.1. The van der Waals surface area contributed by atoms with Gasteiger partial charge >= 0.3 is 0 Å². The molecule has 0 radical (unpaired) electrons. The first-order valence-electron chi connectivity index (χ1n) is 8.56. The summed E-state index contributed by atoms with van der Waals surface area (Å²) in [6.07, 6.45) is 5.82. The van der Waals surface area contributed by atoms with Gasteiger partial charge in [-0.25, -0.2) is 0 Å². The minimum Gasteiger partial charge on any atom is -0.508 e. The van der Waals surface area contributed by atoms with Gasteiger partial charge < -0.3 is 10.4 Å². The molecule has 1 aliphatic heterocycles. The summed E-state index contributed by atoms with van der Waals surface area (Å²) in [5.41, 5.74) is 1.37. The largest absolute Gasteiger partial charge is 0.508 e. The van der Waals surface area contributed by atoms with Crippen LogP contribution in [0.15, 0.2) is 29.1 Å². The smallest absolute Gasteiger partial charge is 0.270 e. The van der Waals surface area contributed by atoms with Crippen LogP contribution < -0.4 is 10.9 Å². The Morgan fingerprint density at radius 1 is 1.04 bits per heavy atom. The SMILES string of the molecule is O=C1C[C@H](c2ccc(O)cc2)c2c(n(C3CCCCC3)[nH]c2=O)N1. The number of fused-ring (bicyclic) bond motifs is 1. The van der Waals surface area contributed by atoms with E-state index in [4.69, 9.17) is 0 Å². The molecule has 0 spiro atoms. The fourth-order valence-electron chi connectivity index (χ4n) is 3.99. The standard InChI is InChI=1S/C18H21N3O3/c22-13-8-6-11(7-9-13)14-10-15(23)19-17-16(14)18(24)20-21(17)12-4-2-1-3-5-12/h6-9,12,14,22H,1-5,10H2,(H,19,23)(H,20,24)/t14-/m1/s1. The molecule has 0 bridgehead atoms. The lowest BCUT2D eigenvalue weighted by molar-refractivity contribution is -0.116. The number of nitrogens with zero attached hydrogens (tertiary/aromatic N) is 1. The fraction of sp³-hybridized carbons (Fsp3) is 0.444. The summed E-state index contributed by atoms with van der Waals surface area (Å²) in [4.78, 5) is 24.8. The zero-order valence-electron chi connectivity index (χ0n) is 13.4. The molecule has 24 heavy (non-hydrogen) atoms. The first-order chi connectivity index (χ1) is 11.6. The van der Waals surface area contributed by atoms with E-state index in [1.807, 2.05) is 4.68 Å². The number of amides is 1. The molecule has 1 fully saturated rings. The molecule has 1 aromatic heterocycles. The van der Waals surface area contributed by atoms with Crippen LogP contribution in [-0.4, -0.2) is 20.8 Å². The highest BCUT2D eigenvalue weighted by molar-refractivity contribution is 5.94. The van der Waals surface area contributed by atoms with Crippen molar-refractivity contribution < 1.29 is 9.90 Å². The van der Waals surface area contributed by atoms with E-state index in [1.54, 1.807) is 24.3 Å². The van der Waals surface area contributed by atoms with Gasteiger partial charge in [0.2, 0.25) is 5.91 Å². The van der Waals surface area contributed by atoms with Gasteiger partial charge in [-0.3, -0.25) is 19.4 Å². The van der Waals surface area contributed by atoms with Crippen molar-refractivity contribution in [1.29, 1.82) is 0 Å². The lowest BCUT2D eigenvalue weighted by atomic mass is 9.87. The number of carbonyl (C=O) groups excluding carboxylic acids is 1. The molecule has 0 saturated heterocycles. The maximum absolute atomic E-state index is 12.6. The number of phenols is 1. The molecule has 126 valence electrons. The van der Waals surface area contributed by atoms with Crippen molar-refractivity contribution in [2.75, 3.05) is 5.32 Å². The Morgan fingerprint density at radius 2 is 1.75 bits per heavy atom. The molecule has 1 atom stereocenters. The van der Waals surface area contributed by atoms with Crippen molar-refractivity contribution in [2.45, 2.75) is 50.5 Å². The van der Waals surface area contributed by atoms with Crippen LogP contribution in [0.4, 0.5) is 5.82 Å². The summed E-state index contributed by atoms with van der Waals surface area (Å²) in [5, 5.41) is 15.3. The van der Waals surface area contributed by atoms with Crippen molar-refractivity contribution >= 4 is 11.7 Å². The second-order valence-corrected chi connectivity index (χ2v) is 6.76. The Morgan fingerprint density at radius 3 is 2.46 bits per heavy atom. The van der Waals surface area contributed by atoms with E-state index in [0.29, 0.717) is 11.4 Å². The number of benzene rings is 1. The summed E-state index contributed by atoms with van der Waals surface area (Å²) < 4.78 is 1.88. The van der Waals surface area contributed by atoms with Gasteiger partial charge in [0.1, 0.15) is 11.6 Å². The average Bonchev–Trinajstić information content (AvgIpc) is 2.92. The Kier molecular flexibility index (Phi) is 3.67. The van der Waals surface area contributed by atoms with Crippen LogP contribution in [0.1, 0.15) is 61.6 Å². The van der Waals surface area contributed by atoms with Gasteiger partial charge in [-0.1, -0.05) is 31.4 Å². The monoisotopic (exact) mass is 327 g/mol. The quantitative estimate of drug-likeness (QED) is 0.792. The van der Waals surface area contributed by atoms with Crippen molar-refractivity contribution in [2.24, 2.45) is 0 Å². The van der Waals surface area contributed by atoms with Gasteiger partial charge in [-0.15, -0.1) is 0 Å². The normalized spacial score (nSPS) is 21.3. The summed E-state index contributed by atoms with van der Waals surface area (Å²) in [6, 6.07) is 6.98. The van der Waals surface area contributed by atoms with E-state index >= 15 is 0 Å². The van der Waals surface area contributed by atoms with Crippen LogP contribution in [0.5, 0.6) is 5.75 Å². The van der Waals surface area contributed by atoms with E-state index in [2.05, 4.69) is 10.4 Å². The molecule has 1 aromatic carbocycles. The number of aromatic amines is 1. The Balaban J connectivity index is 1.79. The fourth-order valence-corrected chi connectivity index (χ4v) is 3.99. The van der Waals surface area contributed by atoms with Crippen LogP contribution >= 0.6 is 0 Å². The maximum atomic E-state index is 12.6. The van der Waals surface area contributed by atoms with Gasteiger partial charge in [-0.2, -0.15) is 0 Å². The number of aromatic hydroxyl groups is 1. The molecule has 1 aliphatic carbocycles. The van der Waals surface area contributed by atoms with E-state index in [0.717, 1.165) is 31.2 Å². The summed E-state index contributed by atoms with van der Waals surface area (Å²) in [6.45, 7) is 0. The highest BCUT2D eigenvalue weighted by Gasteiger charge is 2.34. The third kappa shape index (κ3) is 2.52. The van der Waals surface area contributed by atoms with Gasteiger partial charge in [0.15, 0.2) is 0 Å². The first-order valence-corrected chi connectivity index (χ1v) is 8.56. The van der Waals surface area contributed by atoms with Crippen LogP contribution in [0.3, 0.4) is 0 Å². The summed E-state index contributed by atoms with van der Waals surface area (Å²) >= 11 is 0. The predicted octanol–water partition coefficient (Wildman–Crippen LogP) is 2.86. The minimum atomic E-state index is -0.275. The van der Waals surface area contributed by atoms with Crippen molar-refractivity contribution in [3.63, 3.8) is 0 Å². The molecule has 1 saturated carbocycles. The van der Waals surface area contributed by atoms with Crippen molar-refractivity contribution in [3.05, 3.63) is 45.7 Å². The van der Waals surface area contributed by atoms with Gasteiger partial charge in [-0.05, 0) is 30.5 Å². The van der Waals surface area contributed by atoms with E-state index in [-0.39, 0.29) is 35.6 Å². The second-order valence-electron chi connectivity index (χ2n) is 6.76. The second kappa shape index (κ2) is 5.85. The van der Waals surface area contributed by atoms with Crippen molar-refractivity contribution in [3.8, 4) is 5.75 Å². The van der Waals surface area contributed by atoms with Crippen LogP contribution in [0, 0.1) is 0 Å². The zero-order valence-corrected chi connectivity index (χ0v) is 13.4. The average molecular weight is 327 g/mol. The molecule has 6 heteroatoms. The number of anilines is 1. The lowest BCUT2D eigenvalue weighted by Crippen LogP contribution is -2.27. The zero-order chi connectivity index (χ0) is 16.7. The third-order valence-electron chi connectivity index (χ3n) is 5.19. The highest BCUT2D eigenvalue weighted by Crippen LogP contribution is 2.38. The molecular weight excluding hydrogens is 306 g/mol. The number of hydrogen-bond donors (Lipinski definition) is 3. The van der Waals surface area contributed by atoms with E-state index < -0.39 is 0 Å². The molecule has 3 N–H and O–H groups in total. The Labute approximate surface area is 139 Å². The molecule has 2 aliphatic rings. The molecule has 2 aromatic rings. The van der Waals surface area contributed by atoms with Gasteiger partial charge in [0.05, 0.1) is 11.6 Å². The van der Waals surface area contributed by atoms with E-state index in [9.17, 15) is 14.7 Å². The van der Waals surface area contributed by atoms with Crippen molar-refractivity contribution in [1.82, 2.24) is 9.78 Å². The molecular formula is C18H21N3O3. The predicted molar refractivity (Wildman–Crippen MR) is 90.4 cm³/mol. The van der Waals surface area contributed by atoms with Gasteiger partial charge in [0, 0.05) is 12.3 Å². The Bertz CT molecular complexity index is 813. The highest BCUT2D eigenvalue weighted by atomic mass is 16.3. The maximum Gasteiger partial charge on any atom is 0.270 e. The number of phenolic OH excluding ortho intramolecular Hbond substituents is 1. The molecule has 4 rings (SSSR count). The number of aromatic nitrogens is 2. The number of nitrogens with one attached hydrogen (secondary N) is 2. The summed E-state index contributed by atoms with van der Waals surface area (Å²) in [7, 11) is 0. The Hall–Kier alpha value is -2.50. The molecule has 2 heterocycles. The number of hydrogen-bond acceptors (Lipinski definition) is 3. The number of H-pyrrole nitrogens is 1. The van der Waals surface area contributed by atoms with Crippen LogP contribution in [0.25, 0.3) is 0 Å². The van der Waals surface area contributed by atoms with Gasteiger partial charge in [0.25, 0.3) is 5.56 Å². The number of carbonyl (C=O) groups is 1. The summed E-state index contributed by atoms with van der Waals surface area (Å²) in [5.74, 6) is 0.446. The van der Waals surface area contributed by atoms with Crippen LogP contribution in [0.2, 0.25) is 0 Å². The molecule has 0 unspecified atom stereocenters. The van der Waals surface area contributed by atoms with E-state index in [1.165, 1.54) is 6.42 Å². The lowest BCUT2D eigenvalue weighted by Gasteiger charge is -2.28. The minimum absolute atomic E-state index is 0.0795.